The summed E-state index contributed by atoms with van der Waals surface area (Å²) in [7, 11) is 3.03. The minimum atomic E-state index is -0.521. The van der Waals surface area contributed by atoms with Crippen LogP contribution < -0.4 is 10.6 Å². The van der Waals surface area contributed by atoms with Gasteiger partial charge in [-0.05, 0) is 46.6 Å². The van der Waals surface area contributed by atoms with E-state index in [1.807, 2.05) is 26.8 Å². The van der Waals surface area contributed by atoms with Gasteiger partial charge < -0.3 is 29.4 Å². The number of anilines is 2. The van der Waals surface area contributed by atoms with Gasteiger partial charge in [-0.25, -0.2) is 9.78 Å². The number of carbonyl (C=O) groups excluding carboxylic acids is 2. The molecule has 1 saturated heterocycles. The lowest BCUT2D eigenvalue weighted by molar-refractivity contribution is -0.119. The number of nitrogens with one attached hydrogen (secondary N) is 2. The Morgan fingerprint density at radius 2 is 2.12 bits per heavy atom. The van der Waals surface area contributed by atoms with E-state index >= 15 is 0 Å². The third-order valence-electron chi connectivity index (χ3n) is 5.91. The van der Waals surface area contributed by atoms with Crippen LogP contribution in [0.15, 0.2) is 12.3 Å². The van der Waals surface area contributed by atoms with Crippen LogP contribution in [0.2, 0.25) is 0 Å². The van der Waals surface area contributed by atoms with E-state index in [4.69, 9.17) is 14.2 Å². The Hall–Kier alpha value is -2.65. The first kappa shape index (κ1) is 24.0. The molecule has 2 N–H and O–H groups in total. The third-order valence-corrected chi connectivity index (χ3v) is 5.91. The molecule has 2 atom stereocenters. The van der Waals surface area contributed by atoms with Gasteiger partial charge >= 0.3 is 5.97 Å². The largest absolute Gasteiger partial charge is 0.464 e. The minimum absolute atomic E-state index is 0.117. The molecule has 1 aliphatic rings. The molecule has 0 bridgehead atoms. The maximum Gasteiger partial charge on any atom is 0.356 e. The number of methoxy groups -OCH3 is 2. The van der Waals surface area contributed by atoms with Crippen molar-refractivity contribution in [3.8, 4) is 0 Å². The Balaban J connectivity index is 2.01. The Labute approximate surface area is 188 Å². The van der Waals surface area contributed by atoms with E-state index in [1.54, 1.807) is 17.9 Å². The molecule has 1 amide bonds. The molecule has 0 spiro atoms. The lowest BCUT2D eigenvalue weighted by Gasteiger charge is -2.27. The summed E-state index contributed by atoms with van der Waals surface area (Å²) in [6, 6.07) is 2.03. The fourth-order valence-electron chi connectivity index (χ4n) is 4.17. The van der Waals surface area contributed by atoms with Crippen molar-refractivity contribution in [1.29, 1.82) is 0 Å². The number of carbonyl (C=O) groups is 2. The van der Waals surface area contributed by atoms with Gasteiger partial charge in [0.05, 0.1) is 42.8 Å². The summed E-state index contributed by atoms with van der Waals surface area (Å²) in [6.07, 6.45) is 3.18. The van der Waals surface area contributed by atoms with Gasteiger partial charge in [-0.3, -0.25) is 4.79 Å². The number of rotatable bonds is 9. The molecule has 0 aromatic carbocycles. The van der Waals surface area contributed by atoms with Crippen LogP contribution in [0.3, 0.4) is 0 Å². The first-order valence-electron chi connectivity index (χ1n) is 11.0. The maximum absolute atomic E-state index is 12.9. The number of fused-ring (bicyclic) bond motifs is 1. The Morgan fingerprint density at radius 1 is 1.38 bits per heavy atom. The van der Waals surface area contributed by atoms with E-state index in [0.717, 1.165) is 12.1 Å². The average Bonchev–Trinajstić information content (AvgIpc) is 3.39. The molecule has 0 radical (unpaired) electrons. The number of aryl methyl sites for hydroxylation is 1. The Kier molecular flexibility index (Phi) is 7.40. The van der Waals surface area contributed by atoms with Crippen molar-refractivity contribution in [3.05, 3.63) is 18.0 Å². The number of amides is 1. The van der Waals surface area contributed by atoms with Crippen LogP contribution in [0.25, 0.3) is 11.0 Å². The number of ether oxygens (including phenoxy) is 3. The zero-order chi connectivity index (χ0) is 23.5. The second-order valence-electron chi connectivity index (χ2n) is 8.82. The predicted octanol–water partition coefficient (Wildman–Crippen LogP) is 3.43. The summed E-state index contributed by atoms with van der Waals surface area (Å²) < 4.78 is 17.7. The molecule has 0 saturated carbocycles. The highest BCUT2D eigenvalue weighted by atomic mass is 16.5. The smallest absolute Gasteiger partial charge is 0.356 e. The van der Waals surface area contributed by atoms with Crippen molar-refractivity contribution >= 4 is 34.3 Å². The highest BCUT2D eigenvalue weighted by Gasteiger charge is 2.29. The minimum Gasteiger partial charge on any atom is -0.464 e. The molecule has 32 heavy (non-hydrogen) atoms. The molecule has 2 aromatic heterocycles. The summed E-state index contributed by atoms with van der Waals surface area (Å²) in [5, 5.41) is 7.10. The molecule has 176 valence electrons. The molecule has 9 nitrogen and oxygen atoms in total. The fourth-order valence-corrected chi connectivity index (χ4v) is 4.17. The molecule has 2 aromatic rings. The van der Waals surface area contributed by atoms with Gasteiger partial charge in [0, 0.05) is 31.7 Å². The number of hydrogen-bond donors (Lipinski definition) is 2. The second-order valence-corrected chi connectivity index (χ2v) is 8.82. The molecule has 3 rings (SSSR count). The van der Waals surface area contributed by atoms with E-state index in [-0.39, 0.29) is 29.2 Å². The maximum atomic E-state index is 12.9. The second kappa shape index (κ2) is 9.87. The lowest BCUT2D eigenvalue weighted by Crippen LogP contribution is -2.31. The first-order valence-corrected chi connectivity index (χ1v) is 11.0. The van der Waals surface area contributed by atoms with E-state index in [0.29, 0.717) is 42.9 Å². The van der Waals surface area contributed by atoms with Crippen molar-refractivity contribution in [1.82, 2.24) is 9.55 Å². The van der Waals surface area contributed by atoms with Crippen molar-refractivity contribution < 1.29 is 23.8 Å². The average molecular weight is 447 g/mol. The van der Waals surface area contributed by atoms with Crippen molar-refractivity contribution in [3.63, 3.8) is 0 Å². The molecule has 0 unspecified atom stereocenters. The van der Waals surface area contributed by atoms with Crippen molar-refractivity contribution in [2.24, 2.45) is 5.92 Å². The van der Waals surface area contributed by atoms with Gasteiger partial charge in [0.1, 0.15) is 5.65 Å². The van der Waals surface area contributed by atoms with Crippen LogP contribution in [0, 0.1) is 5.92 Å². The number of nitrogens with zero attached hydrogens (tertiary/aromatic N) is 2. The van der Waals surface area contributed by atoms with Gasteiger partial charge in [-0.2, -0.15) is 0 Å². The standard InChI is InChI=1S/C23H34N4O5/c1-7-27-19(22(29)30-5)18(26-21(28)15-8-9-32-13-15)17-10-16(12-24-20(17)27)25-14(2)11-23(3,4)31-6/h10,12,14-15,25H,7-9,11,13H2,1-6H3,(H,26,28)/t14-,15-/m1/s1. The summed E-state index contributed by atoms with van der Waals surface area (Å²) >= 11 is 0. The number of pyridine rings is 1. The predicted molar refractivity (Wildman–Crippen MR) is 123 cm³/mol. The van der Waals surface area contributed by atoms with E-state index < -0.39 is 5.97 Å². The molecular weight excluding hydrogens is 412 g/mol. The molecule has 0 aliphatic carbocycles. The molecular formula is C23H34N4O5. The van der Waals surface area contributed by atoms with Gasteiger partial charge in [0.15, 0.2) is 5.69 Å². The van der Waals surface area contributed by atoms with E-state index in [9.17, 15) is 9.59 Å². The van der Waals surface area contributed by atoms with Gasteiger partial charge in [-0.1, -0.05) is 0 Å². The zero-order valence-corrected chi connectivity index (χ0v) is 19.8. The van der Waals surface area contributed by atoms with Crippen LogP contribution in [-0.4, -0.2) is 60.5 Å². The van der Waals surface area contributed by atoms with E-state index in [1.165, 1.54) is 7.11 Å². The molecule has 3 heterocycles. The summed E-state index contributed by atoms with van der Waals surface area (Å²) in [5.41, 5.74) is 1.85. The highest BCUT2D eigenvalue weighted by molar-refractivity contribution is 6.11. The zero-order valence-electron chi connectivity index (χ0n) is 19.8. The summed E-state index contributed by atoms with van der Waals surface area (Å²) in [6.45, 7) is 9.51. The van der Waals surface area contributed by atoms with Gasteiger partial charge in [-0.15, -0.1) is 0 Å². The monoisotopic (exact) mass is 446 g/mol. The topological polar surface area (TPSA) is 104 Å². The van der Waals surface area contributed by atoms with Gasteiger partial charge in [0.25, 0.3) is 0 Å². The van der Waals surface area contributed by atoms with Crippen molar-refractivity contribution in [2.45, 2.75) is 58.7 Å². The number of hydrogen-bond acceptors (Lipinski definition) is 7. The fraction of sp³-hybridized carbons (Fsp3) is 0.609. The molecule has 1 aliphatic heterocycles. The number of aromatic nitrogens is 2. The van der Waals surface area contributed by atoms with Gasteiger partial charge in [0.2, 0.25) is 5.91 Å². The lowest BCUT2D eigenvalue weighted by atomic mass is 10.00. The number of esters is 1. The first-order chi connectivity index (χ1) is 15.2. The Morgan fingerprint density at radius 3 is 2.72 bits per heavy atom. The van der Waals surface area contributed by atoms with Crippen LogP contribution >= 0.6 is 0 Å². The quantitative estimate of drug-likeness (QED) is 0.569. The molecule has 9 heteroatoms. The van der Waals surface area contributed by atoms with Crippen LogP contribution in [-0.2, 0) is 25.5 Å². The van der Waals surface area contributed by atoms with E-state index in [2.05, 4.69) is 22.5 Å². The Bertz CT molecular complexity index is 978. The van der Waals surface area contributed by atoms with Crippen molar-refractivity contribution in [2.75, 3.05) is 38.1 Å². The van der Waals surface area contributed by atoms with Crippen LogP contribution in [0.4, 0.5) is 11.4 Å². The molecule has 1 fully saturated rings. The normalized spacial score (nSPS) is 17.4. The SMILES string of the molecule is CCn1c(C(=O)OC)c(NC(=O)[C@@H]2CCOC2)c2cc(N[C@H](C)CC(C)(C)OC)cnc21. The third kappa shape index (κ3) is 5.05. The summed E-state index contributed by atoms with van der Waals surface area (Å²) in [4.78, 5) is 30.1. The highest BCUT2D eigenvalue weighted by Crippen LogP contribution is 2.33. The summed E-state index contributed by atoms with van der Waals surface area (Å²) in [5.74, 6) is -0.935. The van der Waals surface area contributed by atoms with Crippen LogP contribution in [0.1, 0.15) is 51.0 Å². The van der Waals surface area contributed by atoms with Crippen LogP contribution in [0.5, 0.6) is 0 Å².